The molecular formula is C12H15N3O5. The lowest BCUT2D eigenvalue weighted by atomic mass is 10.2. The van der Waals surface area contributed by atoms with Gasteiger partial charge in [-0.25, -0.2) is 9.59 Å². The molecule has 20 heavy (non-hydrogen) atoms. The number of phenols is 1. The summed E-state index contributed by atoms with van der Waals surface area (Å²) in [7, 11) is 0. The van der Waals surface area contributed by atoms with Crippen molar-refractivity contribution in [3.63, 3.8) is 0 Å². The lowest BCUT2D eigenvalue weighted by molar-refractivity contribution is -0.118. The van der Waals surface area contributed by atoms with E-state index in [0.29, 0.717) is 0 Å². The quantitative estimate of drug-likeness (QED) is 0.499. The van der Waals surface area contributed by atoms with Gasteiger partial charge in [0, 0.05) is 18.2 Å². The summed E-state index contributed by atoms with van der Waals surface area (Å²) >= 11 is 0. The van der Waals surface area contributed by atoms with Crippen LogP contribution in [0.25, 0.3) is 0 Å². The van der Waals surface area contributed by atoms with Gasteiger partial charge in [0.1, 0.15) is 11.3 Å². The van der Waals surface area contributed by atoms with Gasteiger partial charge < -0.3 is 26.6 Å². The van der Waals surface area contributed by atoms with E-state index in [0.717, 1.165) is 12.1 Å². The molecule has 0 spiro atoms. The van der Waals surface area contributed by atoms with E-state index in [1.807, 2.05) is 0 Å². The molecule has 0 aliphatic heterocycles. The first-order chi connectivity index (χ1) is 9.29. The molecule has 6 N–H and O–H groups in total. The van der Waals surface area contributed by atoms with E-state index in [-0.39, 0.29) is 17.7 Å². The number of aromatic carboxylic acids is 1. The summed E-state index contributed by atoms with van der Waals surface area (Å²) in [5, 5.41) is 23.0. The van der Waals surface area contributed by atoms with Gasteiger partial charge in [-0.3, -0.25) is 4.79 Å². The Kier molecular flexibility index (Phi) is 4.90. The van der Waals surface area contributed by atoms with Gasteiger partial charge >= 0.3 is 12.0 Å². The topological polar surface area (TPSA) is 142 Å². The van der Waals surface area contributed by atoms with Crippen molar-refractivity contribution in [2.75, 3.05) is 5.32 Å². The molecule has 0 heterocycles. The molecule has 1 unspecified atom stereocenters. The molecule has 8 heteroatoms. The second kappa shape index (κ2) is 6.41. The van der Waals surface area contributed by atoms with Crippen LogP contribution in [0.1, 0.15) is 23.7 Å². The van der Waals surface area contributed by atoms with Crippen LogP contribution < -0.4 is 16.4 Å². The zero-order chi connectivity index (χ0) is 15.3. The first-order valence-corrected chi connectivity index (χ1v) is 5.71. The number of carboxylic acids is 1. The van der Waals surface area contributed by atoms with E-state index in [1.165, 1.54) is 6.07 Å². The Morgan fingerprint density at radius 2 is 2.00 bits per heavy atom. The number of hydrogen-bond donors (Lipinski definition) is 5. The monoisotopic (exact) mass is 281 g/mol. The standard InChI is InChI=1S/C12H15N3O5/c1-6(4-10(13)17)14-12(20)15-7-2-3-9(16)8(5-7)11(18)19/h2-3,5-6,16H,4H2,1H3,(H2,13,17)(H,18,19)(H2,14,15,20). The molecule has 0 fully saturated rings. The number of nitrogens with two attached hydrogens (primary N) is 1. The lowest BCUT2D eigenvalue weighted by Gasteiger charge is -2.13. The Labute approximate surface area is 114 Å². The minimum absolute atomic E-state index is 0.0105. The highest BCUT2D eigenvalue weighted by molar-refractivity contribution is 5.95. The molecule has 0 saturated heterocycles. The van der Waals surface area contributed by atoms with E-state index in [4.69, 9.17) is 10.8 Å². The minimum atomic E-state index is -1.31. The number of carbonyl (C=O) groups excluding carboxylic acids is 2. The van der Waals surface area contributed by atoms with Gasteiger partial charge in [0.25, 0.3) is 0 Å². The third-order valence-electron chi connectivity index (χ3n) is 2.37. The summed E-state index contributed by atoms with van der Waals surface area (Å²) in [5.41, 5.74) is 4.86. The van der Waals surface area contributed by atoms with Crippen molar-refractivity contribution >= 4 is 23.6 Å². The minimum Gasteiger partial charge on any atom is -0.507 e. The molecule has 0 bridgehead atoms. The summed E-state index contributed by atoms with van der Waals surface area (Å²) < 4.78 is 0. The van der Waals surface area contributed by atoms with Crippen LogP contribution in [0.4, 0.5) is 10.5 Å². The van der Waals surface area contributed by atoms with Crippen molar-refractivity contribution < 1.29 is 24.6 Å². The number of nitrogens with one attached hydrogen (secondary N) is 2. The van der Waals surface area contributed by atoms with Crippen molar-refractivity contribution in [1.29, 1.82) is 0 Å². The van der Waals surface area contributed by atoms with Gasteiger partial charge in [0.2, 0.25) is 5.91 Å². The summed E-state index contributed by atoms with van der Waals surface area (Å²) in [4.78, 5) is 33.1. The molecule has 1 atom stereocenters. The number of aromatic hydroxyl groups is 1. The Bertz CT molecular complexity index is 544. The van der Waals surface area contributed by atoms with Crippen molar-refractivity contribution in [2.45, 2.75) is 19.4 Å². The van der Waals surface area contributed by atoms with Gasteiger partial charge in [-0.05, 0) is 25.1 Å². The van der Waals surface area contributed by atoms with E-state index < -0.39 is 29.7 Å². The number of urea groups is 1. The summed E-state index contributed by atoms with van der Waals surface area (Å²) in [6.07, 6.45) is -0.0105. The Balaban J connectivity index is 2.69. The number of hydrogen-bond acceptors (Lipinski definition) is 4. The van der Waals surface area contributed by atoms with Gasteiger partial charge in [-0.1, -0.05) is 0 Å². The molecular weight excluding hydrogens is 266 g/mol. The van der Waals surface area contributed by atoms with Crippen molar-refractivity contribution in [1.82, 2.24) is 5.32 Å². The number of benzene rings is 1. The lowest BCUT2D eigenvalue weighted by Crippen LogP contribution is -2.38. The number of carboxylic acid groups (broad SMARTS) is 1. The maximum atomic E-state index is 11.6. The molecule has 0 radical (unpaired) electrons. The summed E-state index contributed by atoms with van der Waals surface area (Å²) in [6.45, 7) is 1.60. The third-order valence-corrected chi connectivity index (χ3v) is 2.37. The molecule has 108 valence electrons. The van der Waals surface area contributed by atoms with Gasteiger partial charge in [-0.2, -0.15) is 0 Å². The fourth-order valence-electron chi connectivity index (χ4n) is 1.53. The van der Waals surface area contributed by atoms with Crippen molar-refractivity contribution in [3.05, 3.63) is 23.8 Å². The van der Waals surface area contributed by atoms with Gasteiger partial charge in [0.05, 0.1) is 0 Å². The highest BCUT2D eigenvalue weighted by Gasteiger charge is 2.13. The number of carbonyl (C=O) groups is 3. The number of amides is 3. The average molecular weight is 281 g/mol. The van der Waals surface area contributed by atoms with E-state index in [2.05, 4.69) is 10.6 Å². The van der Waals surface area contributed by atoms with Crippen LogP contribution in [0.3, 0.4) is 0 Å². The SMILES string of the molecule is CC(CC(N)=O)NC(=O)Nc1ccc(O)c(C(=O)O)c1. The van der Waals surface area contributed by atoms with Crippen LogP contribution in [0.5, 0.6) is 5.75 Å². The molecule has 1 aromatic rings. The van der Waals surface area contributed by atoms with E-state index in [1.54, 1.807) is 6.92 Å². The Hall–Kier alpha value is -2.77. The zero-order valence-corrected chi connectivity index (χ0v) is 10.7. The second-order valence-corrected chi connectivity index (χ2v) is 4.21. The van der Waals surface area contributed by atoms with Crippen LogP contribution in [0.15, 0.2) is 18.2 Å². The first kappa shape index (κ1) is 15.3. The van der Waals surface area contributed by atoms with Gasteiger partial charge in [-0.15, -0.1) is 0 Å². The molecule has 0 aliphatic carbocycles. The number of primary amides is 1. The smallest absolute Gasteiger partial charge is 0.339 e. The van der Waals surface area contributed by atoms with Crippen LogP contribution in [0.2, 0.25) is 0 Å². The predicted molar refractivity (Wildman–Crippen MR) is 70.5 cm³/mol. The third kappa shape index (κ3) is 4.48. The maximum absolute atomic E-state index is 11.6. The van der Waals surface area contributed by atoms with Crippen LogP contribution in [0, 0.1) is 0 Å². The number of anilines is 1. The largest absolute Gasteiger partial charge is 0.507 e. The maximum Gasteiger partial charge on any atom is 0.339 e. The zero-order valence-electron chi connectivity index (χ0n) is 10.7. The molecule has 1 aromatic carbocycles. The fraction of sp³-hybridized carbons (Fsp3) is 0.250. The van der Waals surface area contributed by atoms with E-state index in [9.17, 15) is 19.5 Å². The fourth-order valence-corrected chi connectivity index (χ4v) is 1.53. The first-order valence-electron chi connectivity index (χ1n) is 5.71. The summed E-state index contributed by atoms with van der Waals surface area (Å²) in [6, 6.07) is 2.56. The summed E-state index contributed by atoms with van der Waals surface area (Å²) in [5.74, 6) is -2.25. The van der Waals surface area contributed by atoms with Crippen molar-refractivity contribution in [3.8, 4) is 5.75 Å². The Morgan fingerprint density at radius 1 is 1.35 bits per heavy atom. The highest BCUT2D eigenvalue weighted by Crippen LogP contribution is 2.21. The molecule has 8 nitrogen and oxygen atoms in total. The molecule has 0 aromatic heterocycles. The van der Waals surface area contributed by atoms with Crippen LogP contribution >= 0.6 is 0 Å². The molecule has 0 saturated carbocycles. The van der Waals surface area contributed by atoms with Gasteiger partial charge in [0.15, 0.2) is 0 Å². The van der Waals surface area contributed by atoms with Crippen molar-refractivity contribution in [2.24, 2.45) is 5.73 Å². The Morgan fingerprint density at radius 3 is 2.55 bits per heavy atom. The molecule has 0 aliphatic rings. The van der Waals surface area contributed by atoms with E-state index >= 15 is 0 Å². The average Bonchev–Trinajstić information content (AvgIpc) is 2.29. The van der Waals surface area contributed by atoms with Crippen LogP contribution in [-0.4, -0.2) is 34.2 Å². The highest BCUT2D eigenvalue weighted by atomic mass is 16.4. The molecule has 3 amide bonds. The normalized spacial score (nSPS) is 11.4. The predicted octanol–water partition coefficient (Wildman–Crippen LogP) is 0.476. The number of rotatable bonds is 5. The second-order valence-electron chi connectivity index (χ2n) is 4.21. The molecule has 1 rings (SSSR count). The van der Waals surface area contributed by atoms with Crippen LogP contribution in [-0.2, 0) is 4.79 Å².